The van der Waals surface area contributed by atoms with Crippen LogP contribution in [0.3, 0.4) is 0 Å². The molecule has 0 bridgehead atoms. The van der Waals surface area contributed by atoms with Crippen molar-refractivity contribution in [1.29, 1.82) is 0 Å². The van der Waals surface area contributed by atoms with E-state index in [9.17, 15) is 9.59 Å². The zero-order valence-electron chi connectivity index (χ0n) is 20.0. The molecule has 8 nitrogen and oxygen atoms in total. The van der Waals surface area contributed by atoms with E-state index in [-0.39, 0.29) is 40.9 Å². The van der Waals surface area contributed by atoms with Gasteiger partial charge in [0.2, 0.25) is 5.82 Å². The average Bonchev–Trinajstić information content (AvgIpc) is 3.56. The quantitative estimate of drug-likeness (QED) is 0.311. The van der Waals surface area contributed by atoms with E-state index in [1.807, 2.05) is 78.9 Å². The number of carbonyl (C=O) groups is 1. The van der Waals surface area contributed by atoms with E-state index in [0.717, 1.165) is 40.7 Å². The minimum absolute atomic E-state index is 0. The van der Waals surface area contributed by atoms with Gasteiger partial charge in [0.05, 0.1) is 0 Å². The Bertz CT molecular complexity index is 1300. The van der Waals surface area contributed by atoms with Gasteiger partial charge in [0.1, 0.15) is 6.10 Å². The van der Waals surface area contributed by atoms with E-state index in [1.54, 1.807) is 6.92 Å². The number of amides is 1. The van der Waals surface area contributed by atoms with Crippen molar-refractivity contribution in [2.45, 2.75) is 31.3 Å². The molecule has 36 heavy (non-hydrogen) atoms. The van der Waals surface area contributed by atoms with Gasteiger partial charge >= 0.3 is 35.7 Å². The number of ether oxygens (including phenoxy) is 1. The van der Waals surface area contributed by atoms with Crippen LogP contribution < -0.4 is 34.9 Å². The summed E-state index contributed by atoms with van der Waals surface area (Å²) < 4.78 is 10.3. The summed E-state index contributed by atoms with van der Waals surface area (Å²) in [5.74, 6) is 0.183. The second-order valence-corrected chi connectivity index (χ2v) is 8.38. The van der Waals surface area contributed by atoms with Crippen molar-refractivity contribution in [1.82, 2.24) is 10.3 Å². The first-order valence-corrected chi connectivity index (χ1v) is 11.0. The molecule has 0 unspecified atom stereocenters. The molecule has 0 spiro atoms. The number of anilines is 1. The van der Waals surface area contributed by atoms with Crippen LogP contribution in [-0.2, 0) is 14.9 Å². The molecule has 3 aromatic carbocycles. The van der Waals surface area contributed by atoms with E-state index in [0.29, 0.717) is 5.69 Å². The molecule has 0 aliphatic heterocycles. The number of hydrogen-bond donors (Lipinski definition) is 1. The Morgan fingerprint density at radius 1 is 0.944 bits per heavy atom. The number of aromatic nitrogens is 2. The van der Waals surface area contributed by atoms with Gasteiger partial charge in [-0.25, -0.2) is 9.42 Å². The Kier molecular flexibility index (Phi) is 8.81. The summed E-state index contributed by atoms with van der Waals surface area (Å²) in [7, 11) is 0. The molecule has 1 heterocycles. The molecule has 1 aromatic heterocycles. The summed E-state index contributed by atoms with van der Waals surface area (Å²) >= 11 is 0. The second-order valence-electron chi connectivity index (χ2n) is 8.38. The van der Waals surface area contributed by atoms with E-state index in [2.05, 4.69) is 21.9 Å². The van der Waals surface area contributed by atoms with Crippen molar-refractivity contribution in [2.75, 3.05) is 5.32 Å². The SMILES string of the molecule is C[C@@H](OC(=O)Nc1nonc1-c1ccc(-c2ccc(C3([C-]=O)CC3)cc2)cc1)c1ccccc1.[Na+].[OH-]. The first-order chi connectivity index (χ1) is 16.6. The van der Waals surface area contributed by atoms with Crippen molar-refractivity contribution < 1.29 is 54.0 Å². The summed E-state index contributed by atoms with van der Waals surface area (Å²) in [6.45, 7) is 1.80. The molecule has 5 rings (SSSR count). The van der Waals surface area contributed by atoms with Gasteiger partial charge in [-0.3, -0.25) is 11.6 Å². The number of hydrogen-bond acceptors (Lipinski definition) is 7. The van der Waals surface area contributed by atoms with Crippen molar-refractivity contribution in [2.24, 2.45) is 0 Å². The van der Waals surface area contributed by atoms with Crippen LogP contribution in [0.4, 0.5) is 10.6 Å². The fourth-order valence-electron chi connectivity index (χ4n) is 3.92. The average molecular weight is 492 g/mol. The van der Waals surface area contributed by atoms with Gasteiger partial charge in [-0.15, -0.1) is 5.41 Å². The van der Waals surface area contributed by atoms with Crippen LogP contribution in [-0.4, -0.2) is 28.2 Å². The summed E-state index contributed by atoms with van der Waals surface area (Å²) in [5, 5.41) is 10.4. The van der Waals surface area contributed by atoms with Gasteiger partial charge in [-0.2, -0.15) is 0 Å². The molecular weight excluding hydrogens is 469 g/mol. The summed E-state index contributed by atoms with van der Waals surface area (Å²) in [5.41, 5.74) is 4.69. The monoisotopic (exact) mass is 492 g/mol. The van der Waals surface area contributed by atoms with Crippen molar-refractivity contribution in [3.05, 3.63) is 90.0 Å². The Morgan fingerprint density at radius 3 is 2.11 bits per heavy atom. The molecule has 0 radical (unpaired) electrons. The first-order valence-electron chi connectivity index (χ1n) is 11.0. The molecule has 4 aromatic rings. The van der Waals surface area contributed by atoms with E-state index < -0.39 is 17.6 Å². The van der Waals surface area contributed by atoms with Crippen LogP contribution in [0.1, 0.15) is 37.0 Å². The number of nitrogens with one attached hydrogen (secondary N) is 1. The van der Waals surface area contributed by atoms with Crippen LogP contribution in [0.5, 0.6) is 0 Å². The summed E-state index contributed by atoms with van der Waals surface area (Å²) in [4.78, 5) is 23.6. The molecule has 2 N–H and O–H groups in total. The molecule has 1 amide bonds. The molecule has 1 atom stereocenters. The Hall–Kier alpha value is -3.30. The zero-order chi connectivity index (χ0) is 23.5. The van der Waals surface area contributed by atoms with E-state index in [4.69, 9.17) is 9.37 Å². The largest absolute Gasteiger partial charge is 1.00 e. The fourth-order valence-corrected chi connectivity index (χ4v) is 3.92. The standard InChI is InChI=1S/C27H22N3O4.Na.H2O/c1-18(19-5-3-2-4-6-19)33-26(32)28-25-24(29-34-30-25)22-9-7-20(8-10-22)21-11-13-23(14-12-21)27(17-31)15-16-27;;/h2-14,18H,15-16H2,1H3,(H,28,30,32);;1H2/q-1;+1;/p-1/t18-;;/m1../s1. The molecule has 1 fully saturated rings. The van der Waals surface area contributed by atoms with E-state index >= 15 is 0 Å². The van der Waals surface area contributed by atoms with Crippen molar-refractivity contribution in [3.8, 4) is 22.4 Å². The van der Waals surface area contributed by atoms with Crippen LogP contribution >= 0.6 is 0 Å². The number of benzene rings is 3. The predicted molar refractivity (Wildman–Crippen MR) is 129 cm³/mol. The van der Waals surface area contributed by atoms with Gasteiger partial charge in [-0.05, 0) is 33.9 Å². The Labute approximate surface area is 230 Å². The van der Waals surface area contributed by atoms with Gasteiger partial charge in [0.25, 0.3) is 0 Å². The van der Waals surface area contributed by atoms with Crippen molar-refractivity contribution in [3.63, 3.8) is 0 Å². The Balaban J connectivity index is 0.00000180. The maximum Gasteiger partial charge on any atom is 1.00 e. The normalized spacial score (nSPS) is 13.9. The maximum absolute atomic E-state index is 12.4. The Morgan fingerprint density at radius 2 is 1.53 bits per heavy atom. The molecule has 9 heteroatoms. The van der Waals surface area contributed by atoms with Gasteiger partial charge < -0.3 is 15.0 Å². The molecule has 1 aliphatic rings. The van der Waals surface area contributed by atoms with E-state index in [1.165, 1.54) is 0 Å². The number of carbonyl (C=O) groups excluding carboxylic acids is 2. The molecule has 1 aliphatic carbocycles. The zero-order valence-corrected chi connectivity index (χ0v) is 22.0. The van der Waals surface area contributed by atoms with Gasteiger partial charge in [-0.1, -0.05) is 97.3 Å². The topological polar surface area (TPSA) is 124 Å². The van der Waals surface area contributed by atoms with Crippen molar-refractivity contribution >= 4 is 18.2 Å². The summed E-state index contributed by atoms with van der Waals surface area (Å²) in [6, 6.07) is 25.1. The van der Waals surface area contributed by atoms with Crippen LogP contribution in [0.25, 0.3) is 22.4 Å². The van der Waals surface area contributed by atoms with Crippen LogP contribution in [0.15, 0.2) is 83.5 Å². The maximum atomic E-state index is 12.4. The minimum atomic E-state index is -0.647. The third kappa shape index (κ3) is 5.74. The van der Waals surface area contributed by atoms with Crippen LogP contribution in [0, 0.1) is 0 Å². The molecule has 0 saturated heterocycles. The molecule has 178 valence electrons. The first kappa shape index (κ1) is 27.3. The molecular formula is C27H23N3NaO5-. The van der Waals surface area contributed by atoms with Crippen LogP contribution in [0.2, 0.25) is 0 Å². The van der Waals surface area contributed by atoms with Gasteiger partial charge in [0, 0.05) is 5.56 Å². The number of rotatable bonds is 7. The smallest absolute Gasteiger partial charge is 0.870 e. The third-order valence-corrected chi connectivity index (χ3v) is 6.14. The molecule has 1 saturated carbocycles. The minimum Gasteiger partial charge on any atom is -0.870 e. The third-order valence-electron chi connectivity index (χ3n) is 6.14. The fraction of sp³-hybridized carbons (Fsp3) is 0.185. The van der Waals surface area contributed by atoms with Gasteiger partial charge in [0.15, 0.2) is 5.69 Å². The number of nitrogens with zero attached hydrogens (tertiary/aromatic N) is 2. The second kappa shape index (κ2) is 11.6. The summed E-state index contributed by atoms with van der Waals surface area (Å²) in [6.07, 6.45) is 2.84. The predicted octanol–water partition coefficient (Wildman–Crippen LogP) is 2.68.